The molecule has 0 radical (unpaired) electrons. The third-order valence-electron chi connectivity index (χ3n) is 2.99. The van der Waals surface area contributed by atoms with E-state index >= 15 is 0 Å². The standard InChI is InChI=1S/C16H13FO2S/c17-12-5-7-13(8-6-12)20-10-14(18)16-9-11-3-1-2-4-15(11)19-16/h1-9,14,18H,10H2. The summed E-state index contributed by atoms with van der Waals surface area (Å²) in [5.41, 5.74) is 0.772. The minimum Gasteiger partial charge on any atom is -0.458 e. The molecule has 3 aromatic rings. The van der Waals surface area contributed by atoms with Gasteiger partial charge in [0.25, 0.3) is 0 Å². The second-order valence-electron chi connectivity index (χ2n) is 4.47. The minimum absolute atomic E-state index is 0.257. The van der Waals surface area contributed by atoms with E-state index in [1.807, 2.05) is 30.3 Å². The molecule has 0 amide bonds. The largest absolute Gasteiger partial charge is 0.458 e. The van der Waals surface area contributed by atoms with E-state index in [2.05, 4.69) is 0 Å². The lowest BCUT2D eigenvalue weighted by atomic mass is 10.2. The van der Waals surface area contributed by atoms with Crippen molar-refractivity contribution in [3.63, 3.8) is 0 Å². The summed E-state index contributed by atoms with van der Waals surface area (Å²) in [7, 11) is 0. The van der Waals surface area contributed by atoms with Gasteiger partial charge < -0.3 is 9.52 Å². The van der Waals surface area contributed by atoms with Crippen LogP contribution in [0.1, 0.15) is 11.9 Å². The second-order valence-corrected chi connectivity index (χ2v) is 5.56. The predicted molar refractivity (Wildman–Crippen MR) is 78.3 cm³/mol. The van der Waals surface area contributed by atoms with Crippen LogP contribution in [0.3, 0.4) is 0 Å². The van der Waals surface area contributed by atoms with Crippen molar-refractivity contribution in [2.45, 2.75) is 11.0 Å². The van der Waals surface area contributed by atoms with Crippen LogP contribution in [0.2, 0.25) is 0 Å². The summed E-state index contributed by atoms with van der Waals surface area (Å²) in [6, 6.07) is 15.7. The number of benzene rings is 2. The Kier molecular flexibility index (Phi) is 3.76. The van der Waals surface area contributed by atoms with Crippen LogP contribution in [-0.4, -0.2) is 10.9 Å². The lowest BCUT2D eigenvalue weighted by Crippen LogP contribution is -1.98. The zero-order chi connectivity index (χ0) is 13.9. The zero-order valence-electron chi connectivity index (χ0n) is 10.6. The van der Waals surface area contributed by atoms with Crippen LogP contribution in [-0.2, 0) is 0 Å². The molecule has 0 aliphatic heterocycles. The summed E-state index contributed by atoms with van der Waals surface area (Å²) in [6.45, 7) is 0. The maximum absolute atomic E-state index is 12.8. The van der Waals surface area contributed by atoms with Crippen molar-refractivity contribution in [3.05, 3.63) is 66.2 Å². The molecule has 0 aliphatic rings. The number of para-hydroxylation sites is 1. The van der Waals surface area contributed by atoms with Crippen LogP contribution in [0, 0.1) is 5.82 Å². The first-order chi connectivity index (χ1) is 9.72. The number of rotatable bonds is 4. The highest BCUT2D eigenvalue weighted by molar-refractivity contribution is 7.99. The minimum atomic E-state index is -0.683. The van der Waals surface area contributed by atoms with E-state index < -0.39 is 6.10 Å². The molecule has 1 atom stereocenters. The van der Waals surface area contributed by atoms with Gasteiger partial charge in [0.1, 0.15) is 23.3 Å². The highest BCUT2D eigenvalue weighted by Gasteiger charge is 2.13. The first-order valence-electron chi connectivity index (χ1n) is 6.27. The molecule has 0 saturated heterocycles. The number of furan rings is 1. The molecular weight excluding hydrogens is 275 g/mol. The number of halogens is 1. The van der Waals surface area contributed by atoms with Gasteiger partial charge in [0.2, 0.25) is 0 Å². The molecule has 2 nitrogen and oxygen atoms in total. The normalized spacial score (nSPS) is 12.7. The van der Waals surface area contributed by atoms with Crippen molar-refractivity contribution in [2.24, 2.45) is 0 Å². The summed E-state index contributed by atoms with van der Waals surface area (Å²) in [5.74, 6) is 0.763. The van der Waals surface area contributed by atoms with Gasteiger partial charge in [-0.3, -0.25) is 0 Å². The molecule has 20 heavy (non-hydrogen) atoms. The van der Waals surface area contributed by atoms with Gasteiger partial charge in [-0.2, -0.15) is 0 Å². The van der Waals surface area contributed by atoms with Crippen molar-refractivity contribution < 1.29 is 13.9 Å². The second kappa shape index (κ2) is 5.69. The average Bonchev–Trinajstić information content (AvgIpc) is 2.90. The van der Waals surface area contributed by atoms with Gasteiger partial charge in [0.15, 0.2) is 0 Å². The van der Waals surface area contributed by atoms with E-state index in [-0.39, 0.29) is 5.82 Å². The van der Waals surface area contributed by atoms with Crippen molar-refractivity contribution in [3.8, 4) is 0 Å². The maximum Gasteiger partial charge on any atom is 0.134 e. The Morgan fingerprint density at radius 3 is 2.60 bits per heavy atom. The molecule has 0 aliphatic carbocycles. The van der Waals surface area contributed by atoms with Crippen molar-refractivity contribution in [1.82, 2.24) is 0 Å². The molecule has 3 rings (SSSR count). The first kappa shape index (κ1) is 13.2. The molecule has 4 heteroatoms. The fraction of sp³-hybridized carbons (Fsp3) is 0.125. The Hall–Kier alpha value is -1.78. The lowest BCUT2D eigenvalue weighted by molar-refractivity contribution is 0.177. The molecule has 1 unspecified atom stereocenters. The van der Waals surface area contributed by atoms with E-state index in [9.17, 15) is 9.50 Å². The summed E-state index contributed by atoms with van der Waals surface area (Å²) < 4.78 is 18.4. The highest BCUT2D eigenvalue weighted by Crippen LogP contribution is 2.28. The molecule has 1 heterocycles. The third-order valence-corrected chi connectivity index (χ3v) is 4.08. The Bertz CT molecular complexity index is 673. The average molecular weight is 288 g/mol. The van der Waals surface area contributed by atoms with Crippen molar-refractivity contribution in [1.29, 1.82) is 0 Å². The quantitative estimate of drug-likeness (QED) is 0.722. The van der Waals surface area contributed by atoms with Crippen LogP contribution in [0.25, 0.3) is 11.0 Å². The Morgan fingerprint density at radius 2 is 1.85 bits per heavy atom. The smallest absolute Gasteiger partial charge is 0.134 e. The summed E-state index contributed by atoms with van der Waals surface area (Å²) >= 11 is 1.47. The van der Waals surface area contributed by atoms with Gasteiger partial charge >= 0.3 is 0 Å². The van der Waals surface area contributed by atoms with E-state index in [1.165, 1.54) is 23.9 Å². The summed E-state index contributed by atoms with van der Waals surface area (Å²) in [6.07, 6.45) is -0.683. The molecule has 2 aromatic carbocycles. The summed E-state index contributed by atoms with van der Waals surface area (Å²) in [5, 5.41) is 11.1. The van der Waals surface area contributed by atoms with E-state index in [1.54, 1.807) is 12.1 Å². The number of aliphatic hydroxyl groups excluding tert-OH is 1. The number of aliphatic hydroxyl groups is 1. The highest BCUT2D eigenvalue weighted by atomic mass is 32.2. The van der Waals surface area contributed by atoms with Crippen molar-refractivity contribution >= 4 is 22.7 Å². The van der Waals surface area contributed by atoms with Crippen molar-refractivity contribution in [2.75, 3.05) is 5.75 Å². The van der Waals surface area contributed by atoms with E-state index in [0.29, 0.717) is 11.5 Å². The molecule has 0 spiro atoms. The Balaban J connectivity index is 1.69. The van der Waals surface area contributed by atoms with Gasteiger partial charge in [-0.25, -0.2) is 4.39 Å². The van der Waals surface area contributed by atoms with E-state index in [4.69, 9.17) is 4.42 Å². The van der Waals surface area contributed by atoms with Gasteiger partial charge in [0.05, 0.1) is 0 Å². The zero-order valence-corrected chi connectivity index (χ0v) is 11.4. The number of hydrogen-bond acceptors (Lipinski definition) is 3. The topological polar surface area (TPSA) is 33.4 Å². The molecular formula is C16H13FO2S. The fourth-order valence-corrected chi connectivity index (χ4v) is 2.80. The van der Waals surface area contributed by atoms with E-state index in [0.717, 1.165) is 15.9 Å². The number of thioether (sulfide) groups is 1. The molecule has 0 saturated carbocycles. The van der Waals surface area contributed by atoms with Gasteiger partial charge in [-0.15, -0.1) is 11.8 Å². The Labute approximate surface area is 120 Å². The fourth-order valence-electron chi connectivity index (χ4n) is 1.95. The maximum atomic E-state index is 12.8. The lowest BCUT2D eigenvalue weighted by Gasteiger charge is -2.07. The molecule has 0 bridgehead atoms. The third kappa shape index (κ3) is 2.86. The monoisotopic (exact) mass is 288 g/mol. The molecule has 102 valence electrons. The van der Waals surface area contributed by atoms with Crippen LogP contribution in [0.4, 0.5) is 4.39 Å². The first-order valence-corrected chi connectivity index (χ1v) is 7.26. The van der Waals surface area contributed by atoms with Crippen LogP contribution in [0.15, 0.2) is 63.9 Å². The number of fused-ring (bicyclic) bond motifs is 1. The molecule has 1 N–H and O–H groups in total. The molecule has 0 fully saturated rings. The van der Waals surface area contributed by atoms with Crippen LogP contribution in [0.5, 0.6) is 0 Å². The van der Waals surface area contributed by atoms with Gasteiger partial charge in [0, 0.05) is 16.0 Å². The number of hydrogen-bond donors (Lipinski definition) is 1. The Morgan fingerprint density at radius 1 is 1.10 bits per heavy atom. The summed E-state index contributed by atoms with van der Waals surface area (Å²) in [4.78, 5) is 0.918. The van der Waals surface area contributed by atoms with Crippen LogP contribution >= 0.6 is 11.8 Å². The van der Waals surface area contributed by atoms with Gasteiger partial charge in [-0.05, 0) is 36.4 Å². The predicted octanol–water partition coefficient (Wildman–Crippen LogP) is 4.40. The van der Waals surface area contributed by atoms with Gasteiger partial charge in [-0.1, -0.05) is 18.2 Å². The van der Waals surface area contributed by atoms with Crippen LogP contribution < -0.4 is 0 Å². The SMILES string of the molecule is OC(CSc1ccc(F)cc1)c1cc2ccccc2o1. The molecule has 1 aromatic heterocycles.